The Labute approximate surface area is 182 Å². The number of hydrogen-bond acceptors (Lipinski definition) is 6. The Balaban J connectivity index is 1.51. The molecule has 0 radical (unpaired) electrons. The predicted molar refractivity (Wildman–Crippen MR) is 118 cm³/mol. The normalized spacial score (nSPS) is 20.6. The van der Waals surface area contributed by atoms with Crippen LogP contribution in [-0.4, -0.2) is 63.8 Å². The lowest BCUT2D eigenvalue weighted by Crippen LogP contribution is -2.44. The zero-order valence-electron chi connectivity index (χ0n) is 17.4. The van der Waals surface area contributed by atoms with E-state index in [1.165, 1.54) is 11.8 Å². The van der Waals surface area contributed by atoms with E-state index in [1.54, 1.807) is 4.90 Å². The van der Waals surface area contributed by atoms with Crippen LogP contribution >= 0.6 is 11.8 Å². The van der Waals surface area contributed by atoms with Crippen molar-refractivity contribution in [3.05, 3.63) is 36.2 Å². The van der Waals surface area contributed by atoms with E-state index in [-0.39, 0.29) is 35.1 Å². The molecule has 2 aliphatic rings. The first kappa shape index (κ1) is 21.4. The van der Waals surface area contributed by atoms with Crippen molar-refractivity contribution in [2.24, 2.45) is 5.92 Å². The molecule has 1 aromatic carbocycles. The molecule has 1 aliphatic carbocycles. The Morgan fingerprint density at radius 2 is 1.93 bits per heavy atom. The van der Waals surface area contributed by atoms with Crippen LogP contribution in [0.5, 0.6) is 0 Å². The van der Waals surface area contributed by atoms with Crippen LogP contribution in [0.15, 0.2) is 35.5 Å². The minimum absolute atomic E-state index is 0.0358. The lowest BCUT2D eigenvalue weighted by Gasteiger charge is -2.29. The van der Waals surface area contributed by atoms with E-state index in [2.05, 4.69) is 14.8 Å². The molecule has 9 heteroatoms. The zero-order chi connectivity index (χ0) is 21.3. The third-order valence-electron chi connectivity index (χ3n) is 5.47. The van der Waals surface area contributed by atoms with E-state index in [9.17, 15) is 13.2 Å². The number of benzene rings is 1. The van der Waals surface area contributed by atoms with Crippen LogP contribution in [0.25, 0.3) is 5.69 Å². The molecular formula is C21H28N4O3S2. The molecule has 30 heavy (non-hydrogen) atoms. The molecule has 4 rings (SSSR count). The van der Waals surface area contributed by atoms with Crippen molar-refractivity contribution >= 4 is 27.5 Å². The molecule has 1 saturated heterocycles. The van der Waals surface area contributed by atoms with E-state index < -0.39 is 9.84 Å². The molecule has 1 aromatic heterocycles. The summed E-state index contributed by atoms with van der Waals surface area (Å²) in [7, 11) is -3.05. The Bertz CT molecular complexity index is 1000. The van der Waals surface area contributed by atoms with Gasteiger partial charge in [-0.15, -0.1) is 10.2 Å². The molecule has 0 N–H and O–H groups in total. The van der Waals surface area contributed by atoms with Crippen molar-refractivity contribution < 1.29 is 13.2 Å². The molecule has 1 aliphatic heterocycles. The number of hydrogen-bond donors (Lipinski definition) is 0. The molecule has 1 atom stereocenters. The van der Waals surface area contributed by atoms with Gasteiger partial charge in [0.2, 0.25) is 5.91 Å². The first-order valence-corrected chi connectivity index (χ1v) is 13.3. The first-order chi connectivity index (χ1) is 14.3. The van der Waals surface area contributed by atoms with Crippen molar-refractivity contribution in [3.63, 3.8) is 0 Å². The van der Waals surface area contributed by atoms with Gasteiger partial charge in [-0.25, -0.2) is 8.42 Å². The monoisotopic (exact) mass is 448 g/mol. The summed E-state index contributed by atoms with van der Waals surface area (Å²) < 4.78 is 25.9. The van der Waals surface area contributed by atoms with Crippen molar-refractivity contribution in [3.8, 4) is 5.69 Å². The quantitative estimate of drug-likeness (QED) is 0.577. The third-order valence-corrected chi connectivity index (χ3v) is 8.14. The Hall–Kier alpha value is -1.87. The van der Waals surface area contributed by atoms with Crippen LogP contribution in [0.4, 0.5) is 0 Å². The largest absolute Gasteiger partial charge is 0.338 e. The minimum atomic E-state index is -3.05. The average molecular weight is 449 g/mol. The van der Waals surface area contributed by atoms with Crippen molar-refractivity contribution in [2.75, 3.05) is 23.8 Å². The maximum Gasteiger partial charge on any atom is 0.233 e. The fourth-order valence-corrected chi connectivity index (χ4v) is 6.45. The second kappa shape index (κ2) is 8.70. The van der Waals surface area contributed by atoms with Crippen LogP contribution < -0.4 is 0 Å². The highest BCUT2D eigenvalue weighted by molar-refractivity contribution is 7.99. The van der Waals surface area contributed by atoms with E-state index in [1.807, 2.05) is 44.2 Å². The van der Waals surface area contributed by atoms with E-state index >= 15 is 0 Å². The summed E-state index contributed by atoms with van der Waals surface area (Å²) in [6.07, 6.45) is 2.76. The second-order valence-electron chi connectivity index (χ2n) is 8.57. The topological polar surface area (TPSA) is 85.2 Å². The molecule has 2 fully saturated rings. The van der Waals surface area contributed by atoms with Crippen LogP contribution in [0.2, 0.25) is 0 Å². The van der Waals surface area contributed by atoms with Crippen LogP contribution in [0.3, 0.4) is 0 Å². The molecule has 1 saturated carbocycles. The van der Waals surface area contributed by atoms with Gasteiger partial charge in [-0.1, -0.05) is 43.8 Å². The number of para-hydroxylation sites is 1. The number of aromatic nitrogens is 3. The van der Waals surface area contributed by atoms with Gasteiger partial charge < -0.3 is 4.90 Å². The molecular weight excluding hydrogens is 420 g/mol. The number of rotatable bonds is 8. The van der Waals surface area contributed by atoms with Gasteiger partial charge in [0, 0.05) is 24.2 Å². The summed E-state index contributed by atoms with van der Waals surface area (Å²) in [4.78, 5) is 14.9. The zero-order valence-corrected chi connectivity index (χ0v) is 19.0. The number of nitrogens with zero attached hydrogens (tertiary/aromatic N) is 4. The summed E-state index contributed by atoms with van der Waals surface area (Å²) in [5.74, 6) is 2.09. The number of carbonyl (C=O) groups excluding carboxylic acids is 1. The second-order valence-corrected chi connectivity index (χ2v) is 11.7. The summed E-state index contributed by atoms with van der Waals surface area (Å²) in [5.41, 5.74) is 1.00. The standard InChI is InChI=1S/C21H28N4O3S2/c1-15(2)12-24(18-10-11-30(27,28)14-18)19(26)13-29-21-23-22-20(16-8-9-16)25(21)17-6-4-3-5-7-17/h3-7,15-16,18H,8-14H2,1-2H3. The number of carbonyl (C=O) groups is 1. The van der Waals surface area contributed by atoms with Gasteiger partial charge in [-0.2, -0.15) is 0 Å². The first-order valence-electron chi connectivity index (χ1n) is 10.5. The molecule has 1 amide bonds. The van der Waals surface area contributed by atoms with Crippen molar-refractivity contribution in [1.82, 2.24) is 19.7 Å². The van der Waals surface area contributed by atoms with E-state index in [0.717, 1.165) is 24.4 Å². The highest BCUT2D eigenvalue weighted by atomic mass is 32.2. The Morgan fingerprint density at radius 3 is 2.53 bits per heavy atom. The predicted octanol–water partition coefficient (Wildman–Crippen LogP) is 2.91. The molecule has 2 heterocycles. The minimum Gasteiger partial charge on any atom is -0.338 e. The van der Waals surface area contributed by atoms with Gasteiger partial charge in [0.25, 0.3) is 0 Å². The summed E-state index contributed by atoms with van der Waals surface area (Å²) in [6, 6.07) is 9.76. The highest BCUT2D eigenvalue weighted by Crippen LogP contribution is 2.41. The summed E-state index contributed by atoms with van der Waals surface area (Å²) in [5, 5.41) is 9.49. The van der Waals surface area contributed by atoms with Crippen molar-refractivity contribution in [1.29, 1.82) is 0 Å². The SMILES string of the molecule is CC(C)CN(C(=O)CSc1nnc(C2CC2)n1-c1ccccc1)C1CCS(=O)(=O)C1. The maximum absolute atomic E-state index is 13.1. The molecule has 0 spiro atoms. The highest BCUT2D eigenvalue weighted by Gasteiger charge is 2.35. The van der Waals surface area contributed by atoms with E-state index in [0.29, 0.717) is 24.0 Å². The maximum atomic E-state index is 13.1. The molecule has 1 unspecified atom stereocenters. The fourth-order valence-electron chi connectivity index (χ4n) is 3.88. The Kier molecular flexibility index (Phi) is 6.20. The van der Waals surface area contributed by atoms with Gasteiger partial charge in [-0.05, 0) is 37.3 Å². The lowest BCUT2D eigenvalue weighted by molar-refractivity contribution is -0.130. The smallest absolute Gasteiger partial charge is 0.233 e. The number of amides is 1. The number of sulfone groups is 1. The van der Waals surface area contributed by atoms with Crippen LogP contribution in [0.1, 0.15) is 44.9 Å². The molecule has 7 nitrogen and oxygen atoms in total. The molecule has 2 aromatic rings. The Morgan fingerprint density at radius 1 is 1.20 bits per heavy atom. The molecule has 162 valence electrons. The fraction of sp³-hybridized carbons (Fsp3) is 0.571. The van der Waals surface area contributed by atoms with Crippen molar-refractivity contribution in [2.45, 2.75) is 50.2 Å². The lowest BCUT2D eigenvalue weighted by atomic mass is 10.1. The van der Waals surface area contributed by atoms with Gasteiger partial charge >= 0.3 is 0 Å². The molecule has 0 bridgehead atoms. The van der Waals surface area contributed by atoms with Crippen LogP contribution in [0, 0.1) is 5.92 Å². The van der Waals surface area contributed by atoms with Crippen LogP contribution in [-0.2, 0) is 14.6 Å². The van der Waals surface area contributed by atoms with Gasteiger partial charge in [-0.3, -0.25) is 9.36 Å². The van der Waals surface area contributed by atoms with Gasteiger partial charge in [0.1, 0.15) is 5.82 Å². The van der Waals surface area contributed by atoms with Gasteiger partial charge in [0.05, 0.1) is 17.3 Å². The average Bonchev–Trinajstić information content (AvgIpc) is 3.37. The summed E-state index contributed by atoms with van der Waals surface area (Å²) >= 11 is 1.38. The summed E-state index contributed by atoms with van der Waals surface area (Å²) in [6.45, 7) is 4.66. The van der Waals surface area contributed by atoms with E-state index in [4.69, 9.17) is 0 Å². The van der Waals surface area contributed by atoms with Gasteiger partial charge in [0.15, 0.2) is 15.0 Å². The third kappa shape index (κ3) is 4.88. The number of thioether (sulfide) groups is 1.